The summed E-state index contributed by atoms with van der Waals surface area (Å²) in [5, 5.41) is 0. The fraction of sp³-hybridized carbons (Fsp3) is 0.0476. The van der Waals surface area contributed by atoms with Crippen molar-refractivity contribution < 1.29 is 4.74 Å². The summed E-state index contributed by atoms with van der Waals surface area (Å²) in [6, 6.07) is 26.9. The number of hydrogen-bond donors (Lipinski definition) is 0. The van der Waals surface area contributed by atoms with E-state index < -0.39 is 0 Å². The van der Waals surface area contributed by atoms with E-state index in [0.29, 0.717) is 0 Å². The van der Waals surface area contributed by atoms with Gasteiger partial charge < -0.3 is 4.74 Å². The molecular formula is C21H15BrO. The Bertz CT molecular complexity index is 851. The van der Waals surface area contributed by atoms with Crippen LogP contribution in [0.4, 0.5) is 0 Å². The maximum atomic E-state index is 6.34. The molecule has 1 aliphatic rings. The van der Waals surface area contributed by atoms with Gasteiger partial charge in [0.2, 0.25) is 0 Å². The summed E-state index contributed by atoms with van der Waals surface area (Å²) in [6.45, 7) is 0. The highest BCUT2D eigenvalue weighted by molar-refractivity contribution is 9.10. The van der Waals surface area contributed by atoms with Crippen molar-refractivity contribution in [2.45, 2.75) is 6.10 Å². The number of hydrogen-bond acceptors (Lipinski definition) is 1. The third kappa shape index (κ3) is 2.82. The van der Waals surface area contributed by atoms with Gasteiger partial charge in [-0.05, 0) is 35.4 Å². The molecule has 0 radical (unpaired) electrons. The molecule has 0 saturated carbocycles. The summed E-state index contributed by atoms with van der Waals surface area (Å²) in [7, 11) is 0. The van der Waals surface area contributed by atoms with Crippen LogP contribution in [-0.2, 0) is 0 Å². The van der Waals surface area contributed by atoms with Gasteiger partial charge in [0.1, 0.15) is 11.9 Å². The molecule has 2 heteroatoms. The molecule has 0 bridgehead atoms. The second-order valence-electron chi connectivity index (χ2n) is 5.55. The Hall–Kier alpha value is -2.32. The molecule has 112 valence electrons. The van der Waals surface area contributed by atoms with Gasteiger partial charge in [0, 0.05) is 15.6 Å². The lowest BCUT2D eigenvalue weighted by molar-refractivity contribution is 0.261. The molecule has 0 spiro atoms. The Kier molecular flexibility index (Phi) is 3.76. The van der Waals surface area contributed by atoms with Crippen molar-refractivity contribution in [3.8, 4) is 5.75 Å². The zero-order valence-electron chi connectivity index (χ0n) is 12.4. The molecule has 0 fully saturated rings. The minimum atomic E-state index is -0.0969. The maximum absolute atomic E-state index is 6.34. The largest absolute Gasteiger partial charge is 0.480 e. The van der Waals surface area contributed by atoms with Crippen molar-refractivity contribution in [2.75, 3.05) is 0 Å². The van der Waals surface area contributed by atoms with E-state index in [1.165, 1.54) is 11.1 Å². The van der Waals surface area contributed by atoms with E-state index in [1.807, 2.05) is 24.3 Å². The molecule has 3 aromatic rings. The predicted octanol–water partition coefficient (Wildman–Crippen LogP) is 6.12. The first-order chi connectivity index (χ1) is 11.3. The fourth-order valence-electron chi connectivity index (χ4n) is 2.89. The Morgan fingerprint density at radius 3 is 2.22 bits per heavy atom. The lowest BCUT2D eigenvalue weighted by atomic mass is 9.91. The Morgan fingerprint density at radius 1 is 0.739 bits per heavy atom. The number of ether oxygens (including phenoxy) is 1. The fourth-order valence-corrected chi connectivity index (χ4v) is 3.16. The van der Waals surface area contributed by atoms with Gasteiger partial charge in [0.05, 0.1) is 0 Å². The standard InChI is InChI=1S/C21H15BrO/c22-18-12-10-16(11-13-18)21-19(15-6-2-1-3-7-15)14-17-8-4-5-9-20(17)23-21/h1-14,21H. The first kappa shape index (κ1) is 14.3. The van der Waals surface area contributed by atoms with Crippen LogP contribution in [0.15, 0.2) is 83.3 Å². The predicted molar refractivity (Wildman–Crippen MR) is 98.3 cm³/mol. The van der Waals surface area contributed by atoms with E-state index >= 15 is 0 Å². The van der Waals surface area contributed by atoms with E-state index in [1.54, 1.807) is 0 Å². The van der Waals surface area contributed by atoms with E-state index in [2.05, 4.69) is 76.6 Å². The van der Waals surface area contributed by atoms with E-state index in [4.69, 9.17) is 4.74 Å². The number of fused-ring (bicyclic) bond motifs is 1. The van der Waals surface area contributed by atoms with Crippen molar-refractivity contribution >= 4 is 27.6 Å². The Balaban J connectivity index is 1.85. The zero-order valence-corrected chi connectivity index (χ0v) is 14.0. The monoisotopic (exact) mass is 362 g/mol. The van der Waals surface area contributed by atoms with Crippen LogP contribution in [0.3, 0.4) is 0 Å². The van der Waals surface area contributed by atoms with E-state index in [9.17, 15) is 0 Å². The summed E-state index contributed by atoms with van der Waals surface area (Å²) in [6.07, 6.45) is 2.14. The van der Waals surface area contributed by atoms with Gasteiger partial charge >= 0.3 is 0 Å². The summed E-state index contributed by atoms with van der Waals surface area (Å²) >= 11 is 3.50. The van der Waals surface area contributed by atoms with Gasteiger partial charge in [-0.1, -0.05) is 76.6 Å². The second kappa shape index (κ2) is 6.05. The number of rotatable bonds is 2. The van der Waals surface area contributed by atoms with Gasteiger partial charge in [-0.2, -0.15) is 0 Å². The highest BCUT2D eigenvalue weighted by Crippen LogP contribution is 2.42. The van der Waals surface area contributed by atoms with Crippen LogP contribution in [0.5, 0.6) is 5.75 Å². The molecular weight excluding hydrogens is 348 g/mol. The quantitative estimate of drug-likeness (QED) is 0.533. The molecule has 0 amide bonds. The van der Waals surface area contributed by atoms with Gasteiger partial charge in [-0.3, -0.25) is 0 Å². The first-order valence-corrected chi connectivity index (χ1v) is 8.39. The molecule has 3 aromatic carbocycles. The molecule has 23 heavy (non-hydrogen) atoms. The second-order valence-corrected chi connectivity index (χ2v) is 6.47. The summed E-state index contributed by atoms with van der Waals surface area (Å²) < 4.78 is 7.41. The van der Waals surface area contributed by atoms with Crippen LogP contribution < -0.4 is 4.74 Å². The lowest BCUT2D eigenvalue weighted by Crippen LogP contribution is -2.14. The number of para-hydroxylation sites is 1. The smallest absolute Gasteiger partial charge is 0.149 e. The molecule has 1 aliphatic heterocycles. The average molecular weight is 363 g/mol. The summed E-state index contributed by atoms with van der Waals surface area (Å²) in [5.41, 5.74) is 4.65. The van der Waals surface area contributed by atoms with Crippen molar-refractivity contribution in [3.05, 3.63) is 100 Å². The van der Waals surface area contributed by atoms with Crippen LogP contribution in [0, 0.1) is 0 Å². The highest BCUT2D eigenvalue weighted by atomic mass is 79.9. The average Bonchev–Trinajstić information content (AvgIpc) is 2.62. The van der Waals surface area contributed by atoms with Crippen LogP contribution in [0.1, 0.15) is 22.8 Å². The Morgan fingerprint density at radius 2 is 1.43 bits per heavy atom. The van der Waals surface area contributed by atoms with Gasteiger partial charge in [0.25, 0.3) is 0 Å². The van der Waals surface area contributed by atoms with Crippen molar-refractivity contribution in [1.29, 1.82) is 0 Å². The minimum Gasteiger partial charge on any atom is -0.480 e. The third-order valence-corrected chi connectivity index (χ3v) is 4.57. The van der Waals surface area contributed by atoms with Crippen LogP contribution in [-0.4, -0.2) is 0 Å². The zero-order chi connectivity index (χ0) is 15.6. The van der Waals surface area contributed by atoms with Crippen molar-refractivity contribution in [2.24, 2.45) is 0 Å². The molecule has 0 saturated heterocycles. The maximum Gasteiger partial charge on any atom is 0.149 e. The van der Waals surface area contributed by atoms with Gasteiger partial charge in [0.15, 0.2) is 0 Å². The molecule has 0 aliphatic carbocycles. The lowest BCUT2D eigenvalue weighted by Gasteiger charge is -2.28. The van der Waals surface area contributed by atoms with Gasteiger partial charge in [-0.25, -0.2) is 0 Å². The normalized spacial score (nSPS) is 16.2. The van der Waals surface area contributed by atoms with Crippen molar-refractivity contribution in [1.82, 2.24) is 0 Å². The van der Waals surface area contributed by atoms with Crippen LogP contribution in [0.2, 0.25) is 0 Å². The summed E-state index contributed by atoms with van der Waals surface area (Å²) in [4.78, 5) is 0. The molecule has 4 rings (SSSR count). The number of halogens is 1. The molecule has 1 unspecified atom stereocenters. The molecule has 1 atom stereocenters. The van der Waals surface area contributed by atoms with Gasteiger partial charge in [-0.15, -0.1) is 0 Å². The van der Waals surface area contributed by atoms with Crippen molar-refractivity contribution in [3.63, 3.8) is 0 Å². The SMILES string of the molecule is Brc1ccc(C2Oc3ccccc3C=C2c2ccccc2)cc1. The molecule has 0 N–H and O–H groups in total. The highest BCUT2D eigenvalue weighted by Gasteiger charge is 2.25. The third-order valence-electron chi connectivity index (χ3n) is 4.04. The molecule has 0 aromatic heterocycles. The van der Waals surface area contributed by atoms with E-state index in [0.717, 1.165) is 21.3 Å². The molecule has 1 nitrogen and oxygen atoms in total. The number of benzene rings is 3. The Labute approximate surface area is 144 Å². The summed E-state index contributed by atoms with van der Waals surface area (Å²) in [5.74, 6) is 0.931. The van der Waals surface area contributed by atoms with Crippen LogP contribution in [0.25, 0.3) is 11.6 Å². The minimum absolute atomic E-state index is 0.0969. The van der Waals surface area contributed by atoms with E-state index in [-0.39, 0.29) is 6.10 Å². The molecule has 1 heterocycles. The topological polar surface area (TPSA) is 9.23 Å². The van der Waals surface area contributed by atoms with Crippen LogP contribution >= 0.6 is 15.9 Å². The first-order valence-electron chi connectivity index (χ1n) is 7.59.